The number of pyridine rings is 1. The Labute approximate surface area is 280 Å². The fraction of sp³-hybridized carbons (Fsp3) is 0.472. The van der Waals surface area contributed by atoms with Crippen molar-refractivity contribution in [2.24, 2.45) is 0 Å². The predicted octanol–water partition coefficient (Wildman–Crippen LogP) is 9.33. The number of thioether (sulfide) groups is 1. The van der Waals surface area contributed by atoms with Crippen LogP contribution in [0.5, 0.6) is 5.75 Å². The number of fused-ring (bicyclic) bond motifs is 2. The monoisotopic (exact) mass is 680 g/mol. The van der Waals surface area contributed by atoms with E-state index in [-0.39, 0.29) is 23.6 Å². The molecule has 0 aliphatic carbocycles. The van der Waals surface area contributed by atoms with Crippen LogP contribution in [0.25, 0.3) is 32.9 Å². The Hall–Kier alpha value is -3.33. The molecule has 11 heteroatoms. The van der Waals surface area contributed by atoms with Gasteiger partial charge in [-0.05, 0) is 59.8 Å². The molecule has 4 aromatic rings. The van der Waals surface area contributed by atoms with Crippen LogP contribution in [-0.4, -0.2) is 61.9 Å². The van der Waals surface area contributed by atoms with E-state index in [2.05, 4.69) is 63.0 Å². The minimum atomic E-state index is -2.26. The number of nitrogens with zero attached hydrogens (tertiary/aromatic N) is 4. The Morgan fingerprint density at radius 2 is 1.77 bits per heavy atom. The summed E-state index contributed by atoms with van der Waals surface area (Å²) in [5.41, 5.74) is 5.13. The smallest absolute Gasteiger partial charge is 0.188 e. The minimum Gasteiger partial charge on any atom is -0.468 e. The van der Waals surface area contributed by atoms with Gasteiger partial charge < -0.3 is 14.4 Å². The third-order valence-corrected chi connectivity index (χ3v) is 16.5. The summed E-state index contributed by atoms with van der Waals surface area (Å²) in [6.07, 6.45) is 2.61. The van der Waals surface area contributed by atoms with Crippen LogP contribution in [-0.2, 0) is 4.74 Å². The molecule has 2 aromatic heterocycles. The molecule has 1 aliphatic heterocycles. The minimum absolute atomic E-state index is 0.0452. The fourth-order valence-corrected chi connectivity index (χ4v) is 12.8. The van der Waals surface area contributed by atoms with E-state index < -0.39 is 31.9 Å². The van der Waals surface area contributed by atoms with Crippen LogP contribution >= 0.6 is 11.8 Å². The molecule has 47 heavy (non-hydrogen) atoms. The fourth-order valence-electron chi connectivity index (χ4n) is 7.26. The molecule has 6 nitrogen and oxygen atoms in total. The van der Waals surface area contributed by atoms with Crippen molar-refractivity contribution in [1.82, 2.24) is 15.0 Å². The van der Waals surface area contributed by atoms with Crippen LogP contribution in [0, 0.1) is 23.1 Å². The maximum Gasteiger partial charge on any atom is 0.188 e. The van der Waals surface area contributed by atoms with E-state index in [0.717, 1.165) is 0 Å². The molecule has 1 fully saturated rings. The molecule has 0 amide bonds. The lowest BCUT2D eigenvalue weighted by Gasteiger charge is -2.38. The van der Waals surface area contributed by atoms with E-state index in [1.807, 2.05) is 11.2 Å². The van der Waals surface area contributed by atoms with Crippen molar-refractivity contribution in [3.63, 3.8) is 0 Å². The number of anilines is 1. The van der Waals surface area contributed by atoms with Crippen molar-refractivity contribution >= 4 is 47.3 Å². The van der Waals surface area contributed by atoms with Crippen molar-refractivity contribution in [1.29, 1.82) is 0 Å². The van der Waals surface area contributed by atoms with E-state index in [4.69, 9.17) is 14.5 Å². The van der Waals surface area contributed by atoms with Gasteiger partial charge in [0.15, 0.2) is 17.8 Å². The van der Waals surface area contributed by atoms with Gasteiger partial charge in [-0.3, -0.25) is 0 Å². The van der Waals surface area contributed by atoms with Gasteiger partial charge in [0.1, 0.15) is 42.8 Å². The Bertz CT molecular complexity index is 1840. The van der Waals surface area contributed by atoms with Crippen molar-refractivity contribution in [3.05, 3.63) is 47.7 Å². The molecule has 5 rings (SSSR count). The average molecular weight is 681 g/mol. The summed E-state index contributed by atoms with van der Waals surface area (Å²) in [6.45, 7) is 15.4. The molecule has 0 saturated carbocycles. The average Bonchev–Trinajstić information content (AvgIpc) is 3.37. The van der Waals surface area contributed by atoms with Gasteiger partial charge in [0.25, 0.3) is 0 Å². The maximum atomic E-state index is 16.9. The van der Waals surface area contributed by atoms with Crippen molar-refractivity contribution < 1.29 is 22.6 Å². The lowest BCUT2D eigenvalue weighted by atomic mass is 9.95. The Morgan fingerprint density at radius 1 is 1.06 bits per heavy atom. The largest absolute Gasteiger partial charge is 0.468 e. The summed E-state index contributed by atoms with van der Waals surface area (Å²) >= 11 is 1.29. The Balaban J connectivity index is 1.90. The zero-order valence-corrected chi connectivity index (χ0v) is 30.4. The SMILES string of the molecule is COCOc1cc(-c2nc(N3CC[C@H](F)[C@@H]3C)c3cnc(SC)nc3c2F)c2c(C#C[Si](C(C)C)(C(C)C)C(C)C)c(F)ccc2c1. The van der Waals surface area contributed by atoms with Crippen molar-refractivity contribution in [2.45, 2.75) is 88.9 Å². The molecule has 0 N–H and O–H groups in total. The molecule has 1 aliphatic rings. The standard InChI is InChI=1S/C36H43F3N4O2SSi/c1-20(2)47(21(3)4,22(5)6)15-13-26-30(38)11-10-24-16-25(45-19-44-8)17-27(31(24)26)33-32(39)34-28(18-40-36(42-34)46-9)35(41-33)43-14-12-29(37)23(43)7/h10-11,16-18,20-23,29H,12,14,19H2,1-9H3/t23-,29-/m0/s1. The predicted molar refractivity (Wildman–Crippen MR) is 189 cm³/mol. The summed E-state index contributed by atoms with van der Waals surface area (Å²) in [5.74, 6) is 2.88. The topological polar surface area (TPSA) is 60.4 Å². The van der Waals surface area contributed by atoms with Crippen LogP contribution in [0.15, 0.2) is 35.6 Å². The second-order valence-corrected chi connectivity index (χ2v) is 19.5. The van der Waals surface area contributed by atoms with Gasteiger partial charge >= 0.3 is 0 Å². The summed E-state index contributed by atoms with van der Waals surface area (Å²) in [7, 11) is -0.756. The van der Waals surface area contributed by atoms with Crippen LogP contribution in [0.4, 0.5) is 19.0 Å². The van der Waals surface area contributed by atoms with Gasteiger partial charge in [-0.15, -0.1) is 5.54 Å². The maximum absolute atomic E-state index is 16.9. The number of methoxy groups -OCH3 is 1. The second-order valence-electron chi connectivity index (χ2n) is 13.1. The van der Waals surface area contributed by atoms with E-state index in [1.165, 1.54) is 24.9 Å². The third-order valence-electron chi connectivity index (χ3n) is 9.67. The van der Waals surface area contributed by atoms with Gasteiger partial charge in [-0.1, -0.05) is 65.3 Å². The molecule has 250 valence electrons. The summed E-state index contributed by atoms with van der Waals surface area (Å²) in [5, 5.41) is 1.80. The number of benzene rings is 2. The van der Waals surface area contributed by atoms with Gasteiger partial charge in [0, 0.05) is 30.8 Å². The molecule has 2 aromatic carbocycles. The van der Waals surface area contributed by atoms with Crippen molar-refractivity contribution in [3.8, 4) is 28.5 Å². The van der Waals surface area contributed by atoms with Gasteiger partial charge in [0.05, 0.1) is 17.0 Å². The Kier molecular flexibility index (Phi) is 10.4. The molecule has 0 radical (unpaired) electrons. The number of hydrogen-bond donors (Lipinski definition) is 0. The molecule has 0 unspecified atom stereocenters. The first-order valence-electron chi connectivity index (χ1n) is 16.1. The van der Waals surface area contributed by atoms with Gasteiger partial charge in [-0.2, -0.15) is 0 Å². The van der Waals surface area contributed by atoms with E-state index in [9.17, 15) is 4.39 Å². The van der Waals surface area contributed by atoms with E-state index in [1.54, 1.807) is 31.3 Å². The van der Waals surface area contributed by atoms with Crippen LogP contribution in [0.1, 0.15) is 60.5 Å². The second kappa shape index (κ2) is 14.0. The van der Waals surface area contributed by atoms with E-state index in [0.29, 0.717) is 68.0 Å². The van der Waals surface area contributed by atoms with E-state index >= 15 is 8.78 Å². The number of aromatic nitrogens is 3. The summed E-state index contributed by atoms with van der Waals surface area (Å²) in [4.78, 5) is 15.6. The first-order valence-corrected chi connectivity index (χ1v) is 19.5. The van der Waals surface area contributed by atoms with Crippen LogP contribution < -0.4 is 9.64 Å². The molecule has 2 atom stereocenters. The highest BCUT2D eigenvalue weighted by atomic mass is 32.2. The lowest BCUT2D eigenvalue weighted by molar-refractivity contribution is 0.0512. The number of rotatable bonds is 9. The van der Waals surface area contributed by atoms with Crippen molar-refractivity contribution in [2.75, 3.05) is 31.6 Å². The summed E-state index contributed by atoms with van der Waals surface area (Å²) in [6, 6.07) is 5.96. The molecular formula is C36H43F3N4O2SSi. The van der Waals surface area contributed by atoms with Crippen LogP contribution in [0.3, 0.4) is 0 Å². The first kappa shape index (κ1) is 35.0. The zero-order chi connectivity index (χ0) is 34.2. The highest BCUT2D eigenvalue weighted by Gasteiger charge is 2.42. The summed E-state index contributed by atoms with van der Waals surface area (Å²) < 4.78 is 58.8. The molecule has 0 bridgehead atoms. The zero-order valence-electron chi connectivity index (χ0n) is 28.5. The highest BCUT2D eigenvalue weighted by Crippen LogP contribution is 2.43. The number of hydrogen-bond acceptors (Lipinski definition) is 7. The van der Waals surface area contributed by atoms with Gasteiger partial charge in [-0.25, -0.2) is 28.1 Å². The lowest BCUT2D eigenvalue weighted by Crippen LogP contribution is -2.43. The number of alkyl halides is 1. The molecule has 0 spiro atoms. The third kappa shape index (κ3) is 6.32. The Morgan fingerprint density at radius 3 is 2.36 bits per heavy atom. The molecule has 1 saturated heterocycles. The molecule has 3 heterocycles. The highest BCUT2D eigenvalue weighted by molar-refractivity contribution is 7.98. The quantitative estimate of drug-likeness (QED) is 0.0574. The number of halogens is 3. The normalized spacial score (nSPS) is 17.0. The van der Waals surface area contributed by atoms with Crippen LogP contribution in [0.2, 0.25) is 16.6 Å². The first-order chi connectivity index (χ1) is 22.3. The van der Waals surface area contributed by atoms with Gasteiger partial charge in [0.2, 0.25) is 0 Å². The molecular weight excluding hydrogens is 638 g/mol. The number of ether oxygens (including phenoxy) is 2.